The summed E-state index contributed by atoms with van der Waals surface area (Å²) in [6.45, 7) is 6.61. The predicted molar refractivity (Wildman–Crippen MR) is 57.4 cm³/mol. The first-order valence-electron chi connectivity index (χ1n) is 5.92. The van der Waals surface area contributed by atoms with Gasteiger partial charge in [0.2, 0.25) is 0 Å². The molecule has 0 saturated carbocycles. The van der Waals surface area contributed by atoms with Crippen LogP contribution >= 0.6 is 0 Å². The molecule has 2 saturated heterocycles. The maximum atomic E-state index is 5.56. The number of hydrogen-bond acceptors (Lipinski definition) is 3. The minimum atomic E-state index is 0.478. The summed E-state index contributed by atoms with van der Waals surface area (Å²) < 4.78 is 5.56. The molecule has 2 N–H and O–H groups in total. The zero-order valence-corrected chi connectivity index (χ0v) is 9.09. The smallest absolute Gasteiger partial charge is 0.0700 e. The molecule has 0 amide bonds. The fourth-order valence-corrected chi connectivity index (χ4v) is 2.38. The monoisotopic (exact) mass is 198 g/mol. The van der Waals surface area contributed by atoms with Gasteiger partial charge in [-0.1, -0.05) is 6.92 Å². The standard InChI is InChI=1S/C11H22N2O/c1-9-4-5-13-11(9)8-12-7-10-3-2-6-14-10/h9-13H,2-8H2,1H3. The molecule has 0 aromatic heterocycles. The third kappa shape index (κ3) is 2.69. The SMILES string of the molecule is CC1CCNC1CNCC1CCCO1. The minimum absolute atomic E-state index is 0.478. The van der Waals surface area contributed by atoms with Crippen LogP contribution in [0.25, 0.3) is 0 Å². The van der Waals surface area contributed by atoms with Crippen molar-refractivity contribution in [2.24, 2.45) is 5.92 Å². The predicted octanol–water partition coefficient (Wildman–Crippen LogP) is 0.753. The van der Waals surface area contributed by atoms with Gasteiger partial charge in [0.15, 0.2) is 0 Å². The second-order valence-electron chi connectivity index (χ2n) is 4.62. The van der Waals surface area contributed by atoms with Crippen LogP contribution in [0.4, 0.5) is 0 Å². The third-order valence-electron chi connectivity index (χ3n) is 3.45. The lowest BCUT2D eigenvalue weighted by atomic mass is 10.0. The van der Waals surface area contributed by atoms with Crippen LogP contribution in [0.1, 0.15) is 26.2 Å². The van der Waals surface area contributed by atoms with E-state index in [1.165, 1.54) is 25.8 Å². The molecule has 82 valence electrons. The van der Waals surface area contributed by atoms with Gasteiger partial charge in [-0.3, -0.25) is 0 Å². The second kappa shape index (κ2) is 5.10. The van der Waals surface area contributed by atoms with Crippen molar-refractivity contribution in [3.8, 4) is 0 Å². The first-order valence-corrected chi connectivity index (χ1v) is 5.92. The highest BCUT2D eigenvalue weighted by molar-refractivity contribution is 4.83. The van der Waals surface area contributed by atoms with Gasteiger partial charge in [0.05, 0.1) is 6.10 Å². The molecule has 0 spiro atoms. The average molecular weight is 198 g/mol. The molecule has 3 nitrogen and oxygen atoms in total. The van der Waals surface area contributed by atoms with Crippen molar-refractivity contribution >= 4 is 0 Å². The van der Waals surface area contributed by atoms with E-state index in [4.69, 9.17) is 4.74 Å². The Morgan fingerprint density at radius 3 is 2.93 bits per heavy atom. The van der Waals surface area contributed by atoms with Gasteiger partial charge in [-0.2, -0.15) is 0 Å². The lowest BCUT2D eigenvalue weighted by Gasteiger charge is -2.18. The summed E-state index contributed by atoms with van der Waals surface area (Å²) in [5, 5.41) is 7.04. The Hall–Kier alpha value is -0.120. The molecule has 3 atom stereocenters. The summed E-state index contributed by atoms with van der Waals surface area (Å²) in [6, 6.07) is 0.677. The normalized spacial score (nSPS) is 37.9. The van der Waals surface area contributed by atoms with E-state index in [0.717, 1.165) is 25.6 Å². The van der Waals surface area contributed by atoms with E-state index in [0.29, 0.717) is 12.1 Å². The number of rotatable bonds is 4. The van der Waals surface area contributed by atoms with Crippen molar-refractivity contribution in [3.05, 3.63) is 0 Å². The van der Waals surface area contributed by atoms with Crippen LogP contribution in [0.2, 0.25) is 0 Å². The summed E-state index contributed by atoms with van der Waals surface area (Å²) in [7, 11) is 0. The molecule has 0 aliphatic carbocycles. The molecule has 0 bridgehead atoms. The van der Waals surface area contributed by atoms with Crippen LogP contribution in [-0.4, -0.2) is 38.4 Å². The van der Waals surface area contributed by atoms with Crippen molar-refractivity contribution in [2.45, 2.75) is 38.3 Å². The summed E-state index contributed by atoms with van der Waals surface area (Å²) in [5.41, 5.74) is 0. The van der Waals surface area contributed by atoms with E-state index < -0.39 is 0 Å². The molecule has 3 heteroatoms. The Balaban J connectivity index is 1.57. The molecule has 0 aromatic carbocycles. The van der Waals surface area contributed by atoms with Crippen molar-refractivity contribution in [2.75, 3.05) is 26.2 Å². The van der Waals surface area contributed by atoms with E-state index in [9.17, 15) is 0 Å². The van der Waals surface area contributed by atoms with E-state index in [2.05, 4.69) is 17.6 Å². The minimum Gasteiger partial charge on any atom is -0.377 e. The van der Waals surface area contributed by atoms with Crippen molar-refractivity contribution in [1.82, 2.24) is 10.6 Å². The molecule has 2 fully saturated rings. The highest BCUT2D eigenvalue weighted by Gasteiger charge is 2.22. The van der Waals surface area contributed by atoms with Gasteiger partial charge >= 0.3 is 0 Å². The molecule has 2 rings (SSSR count). The van der Waals surface area contributed by atoms with Gasteiger partial charge in [-0.05, 0) is 31.7 Å². The molecular weight excluding hydrogens is 176 g/mol. The van der Waals surface area contributed by atoms with Crippen molar-refractivity contribution < 1.29 is 4.74 Å². The Morgan fingerprint density at radius 1 is 1.36 bits per heavy atom. The summed E-state index contributed by atoms with van der Waals surface area (Å²) >= 11 is 0. The average Bonchev–Trinajstić information content (AvgIpc) is 2.78. The van der Waals surface area contributed by atoms with Gasteiger partial charge in [0.25, 0.3) is 0 Å². The van der Waals surface area contributed by atoms with E-state index in [1.807, 2.05) is 0 Å². The van der Waals surface area contributed by atoms with Crippen molar-refractivity contribution in [1.29, 1.82) is 0 Å². The summed E-state index contributed by atoms with van der Waals surface area (Å²) in [6.07, 6.45) is 4.28. The molecule has 14 heavy (non-hydrogen) atoms. The van der Waals surface area contributed by atoms with Crippen LogP contribution in [-0.2, 0) is 4.74 Å². The van der Waals surface area contributed by atoms with Crippen LogP contribution in [0.15, 0.2) is 0 Å². The number of hydrogen-bond donors (Lipinski definition) is 2. The quantitative estimate of drug-likeness (QED) is 0.699. The highest BCUT2D eigenvalue weighted by atomic mass is 16.5. The van der Waals surface area contributed by atoms with E-state index >= 15 is 0 Å². The van der Waals surface area contributed by atoms with E-state index in [1.54, 1.807) is 0 Å². The summed E-state index contributed by atoms with van der Waals surface area (Å²) in [5.74, 6) is 0.826. The molecule has 2 aliphatic heterocycles. The number of nitrogens with one attached hydrogen (secondary N) is 2. The van der Waals surface area contributed by atoms with Crippen LogP contribution in [0.5, 0.6) is 0 Å². The Bertz CT molecular complexity index is 169. The maximum absolute atomic E-state index is 5.56. The molecule has 2 heterocycles. The largest absolute Gasteiger partial charge is 0.377 e. The Labute approximate surface area is 86.6 Å². The van der Waals surface area contributed by atoms with Gasteiger partial charge in [0.1, 0.15) is 0 Å². The first-order chi connectivity index (χ1) is 6.86. The van der Waals surface area contributed by atoms with Gasteiger partial charge in [-0.25, -0.2) is 0 Å². The Kier molecular flexibility index (Phi) is 3.79. The second-order valence-corrected chi connectivity index (χ2v) is 4.62. The highest BCUT2D eigenvalue weighted by Crippen LogP contribution is 2.14. The topological polar surface area (TPSA) is 33.3 Å². The Morgan fingerprint density at radius 2 is 2.29 bits per heavy atom. The van der Waals surface area contributed by atoms with Gasteiger partial charge in [0, 0.05) is 25.7 Å². The zero-order valence-electron chi connectivity index (χ0n) is 9.09. The molecule has 2 aliphatic rings. The lowest BCUT2D eigenvalue weighted by Crippen LogP contribution is -2.39. The fraction of sp³-hybridized carbons (Fsp3) is 1.00. The molecule has 0 aromatic rings. The van der Waals surface area contributed by atoms with Gasteiger partial charge in [-0.15, -0.1) is 0 Å². The van der Waals surface area contributed by atoms with Crippen molar-refractivity contribution in [3.63, 3.8) is 0 Å². The number of ether oxygens (including phenoxy) is 1. The lowest BCUT2D eigenvalue weighted by molar-refractivity contribution is 0.109. The third-order valence-corrected chi connectivity index (χ3v) is 3.45. The zero-order chi connectivity index (χ0) is 9.80. The van der Waals surface area contributed by atoms with E-state index in [-0.39, 0.29) is 0 Å². The van der Waals surface area contributed by atoms with Crippen LogP contribution in [0.3, 0.4) is 0 Å². The fourth-order valence-electron chi connectivity index (χ4n) is 2.38. The van der Waals surface area contributed by atoms with Crippen LogP contribution in [0, 0.1) is 5.92 Å². The first kappa shape index (κ1) is 10.4. The molecular formula is C11H22N2O. The molecule has 0 radical (unpaired) electrons. The maximum Gasteiger partial charge on any atom is 0.0700 e. The van der Waals surface area contributed by atoms with Gasteiger partial charge < -0.3 is 15.4 Å². The summed E-state index contributed by atoms with van der Waals surface area (Å²) in [4.78, 5) is 0. The molecule has 3 unspecified atom stereocenters. The van der Waals surface area contributed by atoms with Crippen LogP contribution < -0.4 is 10.6 Å².